The Morgan fingerprint density at radius 3 is 2.67 bits per heavy atom. The van der Waals surface area contributed by atoms with Crippen molar-refractivity contribution < 1.29 is 14.6 Å². The van der Waals surface area contributed by atoms with E-state index in [0.717, 1.165) is 18.5 Å². The molecule has 0 radical (unpaired) electrons. The molecule has 1 saturated heterocycles. The lowest BCUT2D eigenvalue weighted by atomic mass is 9.95. The molecule has 1 aliphatic rings. The monoisotopic (exact) mass is 334 g/mol. The summed E-state index contributed by atoms with van der Waals surface area (Å²) >= 11 is 0. The molecule has 1 aromatic carbocycles. The fraction of sp³-hybridized carbons (Fsp3) is 0.632. The average molecular weight is 334 g/mol. The molecule has 5 heteroatoms. The van der Waals surface area contributed by atoms with E-state index in [2.05, 4.69) is 18.7 Å². The molecular formula is C19H30N2O3. The van der Waals surface area contributed by atoms with Crippen LogP contribution in [0.3, 0.4) is 0 Å². The lowest BCUT2D eigenvalue weighted by Gasteiger charge is -2.42. The zero-order chi connectivity index (χ0) is 17.9. The normalized spacial score (nSPS) is 17.9. The van der Waals surface area contributed by atoms with E-state index >= 15 is 0 Å². The van der Waals surface area contributed by atoms with E-state index in [-0.39, 0.29) is 18.1 Å². The van der Waals surface area contributed by atoms with Gasteiger partial charge in [-0.25, -0.2) is 0 Å². The van der Waals surface area contributed by atoms with Gasteiger partial charge in [0.25, 0.3) is 5.91 Å². The van der Waals surface area contributed by atoms with Crippen molar-refractivity contribution in [3.05, 3.63) is 29.3 Å². The standard InChI is InChI=1S/C19H30N2O3/c1-6-14(3)17(12-21-10-15(22)11-21)20(4)19(23)16-9-13(2)7-8-18(16)24-5/h7-9,14-15,17,22H,6,10-12H2,1-5H3. The Labute approximate surface area is 145 Å². The van der Waals surface area contributed by atoms with Crippen LogP contribution in [0.1, 0.15) is 36.2 Å². The Kier molecular flexibility index (Phi) is 6.24. The van der Waals surface area contributed by atoms with Crippen molar-refractivity contribution in [1.82, 2.24) is 9.80 Å². The van der Waals surface area contributed by atoms with Crippen LogP contribution in [0.25, 0.3) is 0 Å². The highest BCUT2D eigenvalue weighted by atomic mass is 16.5. The number of hydrogen-bond acceptors (Lipinski definition) is 4. The number of β-amino-alcohol motifs (C(OH)–C–C–N with tert-alkyl or cyclic N) is 1. The summed E-state index contributed by atoms with van der Waals surface area (Å²) in [7, 11) is 3.46. The van der Waals surface area contributed by atoms with Crippen molar-refractivity contribution in [2.24, 2.45) is 5.92 Å². The van der Waals surface area contributed by atoms with Gasteiger partial charge in [-0.3, -0.25) is 9.69 Å². The van der Waals surface area contributed by atoms with Gasteiger partial charge in [0, 0.05) is 32.7 Å². The second kappa shape index (κ2) is 7.99. The number of benzene rings is 1. The molecular weight excluding hydrogens is 304 g/mol. The molecule has 2 atom stereocenters. The molecule has 1 aromatic rings. The Morgan fingerprint density at radius 2 is 2.12 bits per heavy atom. The molecule has 1 heterocycles. The summed E-state index contributed by atoms with van der Waals surface area (Å²) in [5.74, 6) is 0.981. The van der Waals surface area contributed by atoms with Crippen LogP contribution in [0.2, 0.25) is 0 Å². The summed E-state index contributed by atoms with van der Waals surface area (Å²) in [5.41, 5.74) is 1.65. The van der Waals surface area contributed by atoms with Gasteiger partial charge in [-0.15, -0.1) is 0 Å². The first-order chi connectivity index (χ1) is 11.4. The molecule has 1 N–H and O–H groups in total. The van der Waals surface area contributed by atoms with Gasteiger partial charge in [0.15, 0.2) is 0 Å². The van der Waals surface area contributed by atoms with Gasteiger partial charge in [0.2, 0.25) is 0 Å². The number of nitrogens with zero attached hydrogens (tertiary/aromatic N) is 2. The summed E-state index contributed by atoms with van der Waals surface area (Å²) in [6.07, 6.45) is 0.782. The van der Waals surface area contributed by atoms with Crippen molar-refractivity contribution in [3.63, 3.8) is 0 Å². The Balaban J connectivity index is 2.19. The molecule has 0 saturated carbocycles. The highest BCUT2D eigenvalue weighted by Crippen LogP contribution is 2.25. The fourth-order valence-electron chi connectivity index (χ4n) is 3.24. The Bertz CT molecular complexity index is 570. The summed E-state index contributed by atoms with van der Waals surface area (Å²) in [6.45, 7) is 8.49. The largest absolute Gasteiger partial charge is 0.496 e. The molecule has 2 rings (SSSR count). The van der Waals surface area contributed by atoms with Gasteiger partial charge in [0.05, 0.1) is 18.8 Å². The third kappa shape index (κ3) is 4.08. The molecule has 0 bridgehead atoms. The molecule has 1 amide bonds. The van der Waals surface area contributed by atoms with Gasteiger partial charge in [-0.1, -0.05) is 31.9 Å². The molecule has 1 fully saturated rings. The number of aliphatic hydroxyl groups excluding tert-OH is 1. The maximum Gasteiger partial charge on any atom is 0.257 e. The Hall–Kier alpha value is -1.59. The minimum atomic E-state index is -0.222. The predicted octanol–water partition coefficient (Wildman–Crippen LogP) is 2.17. The maximum absolute atomic E-state index is 13.1. The molecule has 0 aliphatic carbocycles. The van der Waals surface area contributed by atoms with Crippen molar-refractivity contribution in [2.45, 2.75) is 39.3 Å². The Morgan fingerprint density at radius 1 is 1.46 bits per heavy atom. The molecule has 1 aliphatic heterocycles. The molecule has 5 nitrogen and oxygen atoms in total. The summed E-state index contributed by atoms with van der Waals surface area (Å²) in [4.78, 5) is 17.1. The number of hydrogen-bond donors (Lipinski definition) is 1. The fourth-order valence-corrected chi connectivity index (χ4v) is 3.24. The number of methoxy groups -OCH3 is 1. The minimum absolute atomic E-state index is 0.0121. The van der Waals surface area contributed by atoms with Gasteiger partial charge in [0.1, 0.15) is 5.75 Å². The van der Waals surface area contributed by atoms with Crippen LogP contribution in [0, 0.1) is 12.8 Å². The second-order valence-electron chi connectivity index (χ2n) is 6.95. The van der Waals surface area contributed by atoms with E-state index < -0.39 is 0 Å². The molecule has 0 spiro atoms. The first-order valence-corrected chi connectivity index (χ1v) is 8.69. The topological polar surface area (TPSA) is 53.0 Å². The van der Waals surface area contributed by atoms with Gasteiger partial charge in [-0.05, 0) is 25.0 Å². The van der Waals surface area contributed by atoms with E-state index in [9.17, 15) is 9.90 Å². The van der Waals surface area contributed by atoms with Crippen molar-refractivity contribution in [3.8, 4) is 5.75 Å². The van der Waals surface area contributed by atoms with Gasteiger partial charge >= 0.3 is 0 Å². The molecule has 24 heavy (non-hydrogen) atoms. The average Bonchev–Trinajstić information content (AvgIpc) is 2.55. The van der Waals surface area contributed by atoms with E-state index in [1.165, 1.54) is 0 Å². The number of aliphatic hydroxyl groups is 1. The van der Waals surface area contributed by atoms with Crippen molar-refractivity contribution in [1.29, 1.82) is 0 Å². The molecule has 2 unspecified atom stereocenters. The van der Waals surface area contributed by atoms with Crippen LogP contribution >= 0.6 is 0 Å². The van der Waals surface area contributed by atoms with Gasteiger partial charge in [-0.2, -0.15) is 0 Å². The number of carbonyl (C=O) groups is 1. The number of aryl methyl sites for hydroxylation is 1. The summed E-state index contributed by atoms with van der Waals surface area (Å²) in [5, 5.41) is 9.51. The van der Waals surface area contributed by atoms with Gasteiger partial charge < -0.3 is 14.7 Å². The minimum Gasteiger partial charge on any atom is -0.496 e. The van der Waals surface area contributed by atoms with Crippen molar-refractivity contribution in [2.75, 3.05) is 33.8 Å². The number of ether oxygens (including phenoxy) is 1. The van der Waals surface area contributed by atoms with E-state index in [4.69, 9.17) is 4.74 Å². The summed E-state index contributed by atoms with van der Waals surface area (Å²) < 4.78 is 5.37. The second-order valence-corrected chi connectivity index (χ2v) is 6.95. The highest BCUT2D eigenvalue weighted by molar-refractivity contribution is 5.97. The predicted molar refractivity (Wildman–Crippen MR) is 95.5 cm³/mol. The number of rotatable bonds is 7. The molecule has 134 valence electrons. The third-order valence-corrected chi connectivity index (χ3v) is 5.09. The van der Waals surface area contributed by atoms with Crippen LogP contribution in [-0.2, 0) is 0 Å². The van der Waals surface area contributed by atoms with Crippen LogP contribution in [0.15, 0.2) is 18.2 Å². The number of likely N-dealkylation sites (tertiary alicyclic amines) is 1. The van der Waals surface area contributed by atoms with E-state index in [1.807, 2.05) is 37.1 Å². The highest BCUT2D eigenvalue weighted by Gasteiger charge is 2.32. The first kappa shape index (κ1) is 18.7. The van der Waals surface area contributed by atoms with E-state index in [1.54, 1.807) is 7.11 Å². The lowest BCUT2D eigenvalue weighted by molar-refractivity contribution is -0.0162. The van der Waals surface area contributed by atoms with E-state index in [0.29, 0.717) is 30.3 Å². The van der Waals surface area contributed by atoms with Crippen molar-refractivity contribution >= 4 is 5.91 Å². The molecule has 0 aromatic heterocycles. The van der Waals surface area contributed by atoms with Crippen LogP contribution in [-0.4, -0.2) is 66.8 Å². The quantitative estimate of drug-likeness (QED) is 0.830. The number of amides is 1. The smallest absolute Gasteiger partial charge is 0.257 e. The number of likely N-dealkylation sites (N-methyl/N-ethyl adjacent to an activating group) is 1. The lowest BCUT2D eigenvalue weighted by Crippen LogP contribution is -2.57. The maximum atomic E-state index is 13.1. The summed E-state index contributed by atoms with van der Waals surface area (Å²) in [6, 6.07) is 5.79. The third-order valence-electron chi connectivity index (χ3n) is 5.09. The SMILES string of the molecule is CCC(C)C(CN1CC(O)C1)N(C)C(=O)c1cc(C)ccc1OC. The van der Waals surface area contributed by atoms with Crippen LogP contribution in [0.5, 0.6) is 5.75 Å². The first-order valence-electron chi connectivity index (χ1n) is 8.69. The zero-order valence-corrected chi connectivity index (χ0v) is 15.5. The zero-order valence-electron chi connectivity index (χ0n) is 15.5. The van der Waals surface area contributed by atoms with Crippen LogP contribution in [0.4, 0.5) is 0 Å². The van der Waals surface area contributed by atoms with Crippen LogP contribution < -0.4 is 4.74 Å². The number of carbonyl (C=O) groups excluding carboxylic acids is 1.